The molecule has 5 atom stereocenters. The molecule has 36 heavy (non-hydrogen) atoms. The minimum Gasteiger partial charge on any atom is -0.492 e. The third kappa shape index (κ3) is 5.24. The molecule has 0 saturated heterocycles. The number of ether oxygens (including phenoxy) is 2. The van der Waals surface area contributed by atoms with Gasteiger partial charge in [0.25, 0.3) is 5.91 Å². The molecule has 0 aliphatic heterocycles. The lowest BCUT2D eigenvalue weighted by Gasteiger charge is -2.24. The van der Waals surface area contributed by atoms with Gasteiger partial charge in [-0.2, -0.15) is 0 Å². The second-order valence-electron chi connectivity index (χ2n) is 10.2. The summed E-state index contributed by atoms with van der Waals surface area (Å²) in [7, 11) is 0. The largest absolute Gasteiger partial charge is 0.492 e. The van der Waals surface area contributed by atoms with Crippen molar-refractivity contribution < 1.29 is 24.2 Å². The van der Waals surface area contributed by atoms with Gasteiger partial charge in [-0.3, -0.25) is 4.79 Å². The van der Waals surface area contributed by atoms with Crippen LogP contribution in [0.25, 0.3) is 10.8 Å². The van der Waals surface area contributed by atoms with Crippen molar-refractivity contribution in [1.82, 2.24) is 5.32 Å². The van der Waals surface area contributed by atoms with E-state index in [-0.39, 0.29) is 6.61 Å². The zero-order chi connectivity index (χ0) is 25.1. The Labute approximate surface area is 211 Å². The van der Waals surface area contributed by atoms with Crippen LogP contribution in [0.1, 0.15) is 48.5 Å². The monoisotopic (exact) mass is 487 g/mol. The Balaban J connectivity index is 1.33. The fourth-order valence-electron chi connectivity index (χ4n) is 5.85. The summed E-state index contributed by atoms with van der Waals surface area (Å²) in [5.41, 5.74) is 1.28. The average Bonchev–Trinajstić information content (AvgIpc) is 3.53. The van der Waals surface area contributed by atoms with Gasteiger partial charge in [-0.1, -0.05) is 67.1 Å². The number of hydrogen-bond acceptors (Lipinski definition) is 4. The SMILES string of the molecule is CC(OCc1ccccc1)C(NC(=O)c1ccc2ccccc2c1OCC1CC2CCC1C2)C(=O)O. The van der Waals surface area contributed by atoms with Crippen LogP contribution >= 0.6 is 0 Å². The number of nitrogens with one attached hydrogen (secondary N) is 1. The van der Waals surface area contributed by atoms with Crippen LogP contribution in [0.3, 0.4) is 0 Å². The maximum atomic E-state index is 13.4. The summed E-state index contributed by atoms with van der Waals surface area (Å²) in [6, 6.07) is 19.7. The van der Waals surface area contributed by atoms with E-state index >= 15 is 0 Å². The molecule has 0 spiro atoms. The highest BCUT2D eigenvalue weighted by molar-refractivity contribution is 6.04. The number of aliphatic carboxylic acids is 1. The summed E-state index contributed by atoms with van der Waals surface area (Å²) < 4.78 is 12.2. The molecule has 2 aliphatic carbocycles. The summed E-state index contributed by atoms with van der Waals surface area (Å²) in [5.74, 6) is 0.932. The molecule has 2 saturated carbocycles. The summed E-state index contributed by atoms with van der Waals surface area (Å²) in [4.78, 5) is 25.5. The molecule has 0 radical (unpaired) electrons. The van der Waals surface area contributed by atoms with E-state index in [0.717, 1.165) is 22.3 Å². The highest BCUT2D eigenvalue weighted by Gasteiger charge is 2.40. The third-order valence-corrected chi connectivity index (χ3v) is 7.83. The molecule has 0 heterocycles. The predicted molar refractivity (Wildman–Crippen MR) is 138 cm³/mol. The smallest absolute Gasteiger partial charge is 0.328 e. The Morgan fingerprint density at radius 1 is 1.00 bits per heavy atom. The molecule has 2 bridgehead atoms. The van der Waals surface area contributed by atoms with E-state index < -0.39 is 24.0 Å². The van der Waals surface area contributed by atoms with Gasteiger partial charge >= 0.3 is 5.97 Å². The van der Waals surface area contributed by atoms with Crippen LogP contribution in [-0.2, 0) is 16.1 Å². The van der Waals surface area contributed by atoms with Gasteiger partial charge in [0.1, 0.15) is 5.75 Å². The van der Waals surface area contributed by atoms with E-state index in [4.69, 9.17) is 9.47 Å². The number of rotatable bonds is 10. The van der Waals surface area contributed by atoms with Gasteiger partial charge in [0, 0.05) is 5.39 Å². The van der Waals surface area contributed by atoms with Crippen molar-refractivity contribution in [2.24, 2.45) is 17.8 Å². The molecule has 5 rings (SSSR count). The van der Waals surface area contributed by atoms with Crippen LogP contribution in [-0.4, -0.2) is 35.7 Å². The van der Waals surface area contributed by atoms with Crippen molar-refractivity contribution in [3.05, 3.63) is 77.9 Å². The topological polar surface area (TPSA) is 84.9 Å². The van der Waals surface area contributed by atoms with E-state index in [1.807, 2.05) is 60.7 Å². The first kappa shape index (κ1) is 24.3. The third-order valence-electron chi connectivity index (χ3n) is 7.83. The first-order valence-corrected chi connectivity index (χ1v) is 12.8. The van der Waals surface area contributed by atoms with Crippen molar-refractivity contribution >= 4 is 22.6 Å². The first-order chi connectivity index (χ1) is 17.5. The van der Waals surface area contributed by atoms with E-state index in [2.05, 4.69) is 5.32 Å². The van der Waals surface area contributed by atoms with E-state index in [0.29, 0.717) is 29.8 Å². The number of carbonyl (C=O) groups excluding carboxylic acids is 1. The molecular formula is C30H33NO5. The fraction of sp³-hybridized carbons (Fsp3) is 0.400. The highest BCUT2D eigenvalue weighted by Crippen LogP contribution is 2.48. The molecule has 0 aromatic heterocycles. The van der Waals surface area contributed by atoms with Gasteiger partial charge in [-0.05, 0) is 61.0 Å². The van der Waals surface area contributed by atoms with E-state index in [9.17, 15) is 14.7 Å². The zero-order valence-corrected chi connectivity index (χ0v) is 20.6. The normalized spacial score (nSPS) is 22.3. The Kier molecular flexibility index (Phi) is 7.23. The van der Waals surface area contributed by atoms with Gasteiger partial charge in [0.2, 0.25) is 0 Å². The average molecular weight is 488 g/mol. The Morgan fingerprint density at radius 2 is 1.78 bits per heavy atom. The molecule has 6 heteroatoms. The molecule has 1 amide bonds. The van der Waals surface area contributed by atoms with Crippen molar-refractivity contribution in [2.75, 3.05) is 6.61 Å². The van der Waals surface area contributed by atoms with Crippen LogP contribution in [0, 0.1) is 17.8 Å². The van der Waals surface area contributed by atoms with Crippen molar-refractivity contribution in [2.45, 2.75) is 51.4 Å². The lowest BCUT2D eigenvalue weighted by molar-refractivity contribution is -0.143. The zero-order valence-electron chi connectivity index (χ0n) is 20.6. The molecule has 2 N–H and O–H groups in total. The number of benzene rings is 3. The molecule has 6 nitrogen and oxygen atoms in total. The highest BCUT2D eigenvalue weighted by atomic mass is 16.5. The van der Waals surface area contributed by atoms with Gasteiger partial charge < -0.3 is 19.9 Å². The summed E-state index contributed by atoms with van der Waals surface area (Å²) in [6.07, 6.45) is 4.34. The van der Waals surface area contributed by atoms with Crippen LogP contribution in [0.5, 0.6) is 5.75 Å². The minimum absolute atomic E-state index is 0.259. The van der Waals surface area contributed by atoms with Crippen LogP contribution in [0.2, 0.25) is 0 Å². The fourth-order valence-corrected chi connectivity index (χ4v) is 5.85. The maximum absolute atomic E-state index is 13.4. The van der Waals surface area contributed by atoms with Crippen molar-refractivity contribution in [3.8, 4) is 5.75 Å². The minimum atomic E-state index is -1.20. The number of hydrogen-bond donors (Lipinski definition) is 2. The van der Waals surface area contributed by atoms with Gasteiger partial charge in [0.05, 0.1) is 24.9 Å². The predicted octanol–water partition coefficient (Wildman–Crippen LogP) is 5.44. The number of amides is 1. The first-order valence-electron chi connectivity index (χ1n) is 12.8. The summed E-state index contributed by atoms with van der Waals surface area (Å²) in [5, 5.41) is 14.4. The Morgan fingerprint density at radius 3 is 2.50 bits per heavy atom. The molecule has 5 unspecified atom stereocenters. The molecule has 2 fully saturated rings. The molecule has 2 aliphatic rings. The lowest BCUT2D eigenvalue weighted by Crippen LogP contribution is -2.48. The van der Waals surface area contributed by atoms with Gasteiger partial charge in [0.15, 0.2) is 6.04 Å². The Hall–Kier alpha value is -3.38. The van der Waals surface area contributed by atoms with Gasteiger partial charge in [-0.25, -0.2) is 4.79 Å². The molecular weight excluding hydrogens is 454 g/mol. The lowest BCUT2D eigenvalue weighted by atomic mass is 9.89. The maximum Gasteiger partial charge on any atom is 0.328 e. The quantitative estimate of drug-likeness (QED) is 0.398. The van der Waals surface area contributed by atoms with Crippen LogP contribution in [0.15, 0.2) is 66.7 Å². The number of carboxylic acid groups (broad SMARTS) is 1. The van der Waals surface area contributed by atoms with E-state index in [1.54, 1.807) is 13.0 Å². The summed E-state index contributed by atoms with van der Waals surface area (Å²) >= 11 is 0. The van der Waals surface area contributed by atoms with Gasteiger partial charge in [-0.15, -0.1) is 0 Å². The molecule has 3 aromatic rings. The van der Waals surface area contributed by atoms with E-state index in [1.165, 1.54) is 25.7 Å². The number of fused-ring (bicyclic) bond motifs is 3. The second-order valence-corrected chi connectivity index (χ2v) is 10.2. The Bertz CT molecular complexity index is 1230. The van der Waals surface area contributed by atoms with Crippen LogP contribution in [0.4, 0.5) is 0 Å². The standard InChI is InChI=1S/C30H33NO5/c1-19(35-17-20-7-3-2-4-8-20)27(30(33)34)31-29(32)26-14-13-22-9-5-6-10-25(22)28(26)36-18-24-16-21-11-12-23(24)15-21/h2-10,13-14,19,21,23-24,27H,11-12,15-18H2,1H3,(H,31,32)(H,33,34). The second kappa shape index (κ2) is 10.7. The van der Waals surface area contributed by atoms with Crippen molar-refractivity contribution in [3.63, 3.8) is 0 Å². The number of carbonyl (C=O) groups is 2. The van der Waals surface area contributed by atoms with Crippen LogP contribution < -0.4 is 10.1 Å². The molecule has 3 aromatic carbocycles. The summed E-state index contributed by atoms with van der Waals surface area (Å²) in [6.45, 7) is 2.50. The van der Waals surface area contributed by atoms with Crippen molar-refractivity contribution in [1.29, 1.82) is 0 Å². The number of carboxylic acids is 1. The molecule has 188 valence electrons.